The van der Waals surface area contributed by atoms with E-state index in [1.807, 2.05) is 0 Å². The molecule has 1 amide bonds. The van der Waals surface area contributed by atoms with Crippen LogP contribution in [0.2, 0.25) is 0 Å². The lowest BCUT2D eigenvalue weighted by Gasteiger charge is -2.10. The van der Waals surface area contributed by atoms with Crippen molar-refractivity contribution in [2.24, 2.45) is 0 Å². The number of imidazole rings is 1. The highest BCUT2D eigenvalue weighted by Crippen LogP contribution is 2.23. The van der Waals surface area contributed by atoms with Crippen LogP contribution >= 0.6 is 0 Å². The Morgan fingerprint density at radius 2 is 1.75 bits per heavy atom. The molecule has 1 saturated carbocycles. The van der Waals surface area contributed by atoms with Crippen LogP contribution in [0.25, 0.3) is 5.69 Å². The fraction of sp³-hybridized carbons (Fsp3) is 0.158. The van der Waals surface area contributed by atoms with Gasteiger partial charge in [-0.3, -0.25) is 9.36 Å². The SMILES string of the molecule is O=C(Nc1ccc(S(=O)(=O)NC2CC2)cc1)c1cncn1-c1ccc(F)cc1. The highest BCUT2D eigenvalue weighted by molar-refractivity contribution is 7.89. The molecule has 9 heteroatoms. The van der Waals surface area contributed by atoms with Crippen LogP contribution in [0.15, 0.2) is 66.0 Å². The standard InChI is InChI=1S/C19H17FN4O3S/c20-13-1-7-16(8-2-13)24-12-21-11-18(24)19(25)22-14-5-9-17(10-6-14)28(26,27)23-15-3-4-15/h1-2,5-12,15,23H,3-4H2,(H,22,25). The van der Waals surface area contributed by atoms with Crippen molar-refractivity contribution in [3.63, 3.8) is 0 Å². The summed E-state index contributed by atoms with van der Waals surface area (Å²) in [6.45, 7) is 0. The number of carbonyl (C=O) groups is 1. The molecule has 0 unspecified atom stereocenters. The summed E-state index contributed by atoms with van der Waals surface area (Å²) in [4.78, 5) is 16.7. The van der Waals surface area contributed by atoms with Crippen LogP contribution < -0.4 is 10.0 Å². The van der Waals surface area contributed by atoms with Gasteiger partial charge in [-0.05, 0) is 61.4 Å². The summed E-state index contributed by atoms with van der Waals surface area (Å²) in [5, 5.41) is 2.71. The Morgan fingerprint density at radius 1 is 1.07 bits per heavy atom. The predicted molar refractivity (Wildman–Crippen MR) is 101 cm³/mol. The monoisotopic (exact) mass is 400 g/mol. The number of anilines is 1. The number of nitrogens with zero attached hydrogens (tertiary/aromatic N) is 2. The zero-order chi connectivity index (χ0) is 19.7. The van der Waals surface area contributed by atoms with E-state index < -0.39 is 15.9 Å². The number of aromatic nitrogens is 2. The summed E-state index contributed by atoms with van der Waals surface area (Å²) in [5.41, 5.74) is 1.30. The second kappa shape index (κ2) is 7.17. The third-order valence-corrected chi connectivity index (χ3v) is 5.83. The van der Waals surface area contributed by atoms with Gasteiger partial charge < -0.3 is 5.32 Å². The number of hydrogen-bond acceptors (Lipinski definition) is 4. The minimum absolute atomic E-state index is 0.0242. The Morgan fingerprint density at radius 3 is 2.39 bits per heavy atom. The van der Waals surface area contributed by atoms with Crippen molar-refractivity contribution in [3.05, 3.63) is 72.6 Å². The smallest absolute Gasteiger partial charge is 0.274 e. The summed E-state index contributed by atoms with van der Waals surface area (Å²) in [5.74, 6) is -0.797. The topological polar surface area (TPSA) is 93.1 Å². The van der Waals surface area contributed by atoms with Crippen molar-refractivity contribution in [2.75, 3.05) is 5.32 Å². The molecule has 0 atom stereocenters. The summed E-state index contributed by atoms with van der Waals surface area (Å²) in [7, 11) is -3.54. The first-order chi connectivity index (χ1) is 13.4. The van der Waals surface area contributed by atoms with Crippen LogP contribution in [0.3, 0.4) is 0 Å². The number of carbonyl (C=O) groups excluding carboxylic acids is 1. The first kappa shape index (κ1) is 18.3. The molecule has 2 aromatic carbocycles. The van der Waals surface area contributed by atoms with Gasteiger partial charge in [0.1, 0.15) is 11.5 Å². The molecule has 3 aromatic rings. The third kappa shape index (κ3) is 3.95. The fourth-order valence-electron chi connectivity index (χ4n) is 2.67. The summed E-state index contributed by atoms with van der Waals surface area (Å²) in [6, 6.07) is 11.6. The molecule has 1 aliphatic carbocycles. The van der Waals surface area contributed by atoms with Gasteiger partial charge in [-0.15, -0.1) is 0 Å². The molecule has 4 rings (SSSR count). The molecule has 28 heavy (non-hydrogen) atoms. The Bertz CT molecular complexity index is 1100. The van der Waals surface area contributed by atoms with Gasteiger partial charge in [0.2, 0.25) is 10.0 Å². The third-order valence-electron chi connectivity index (χ3n) is 4.30. The van der Waals surface area contributed by atoms with Crippen LogP contribution in [-0.4, -0.2) is 29.9 Å². The first-order valence-corrected chi connectivity index (χ1v) is 10.1. The Labute approximate surface area is 161 Å². The van der Waals surface area contributed by atoms with E-state index in [-0.39, 0.29) is 22.4 Å². The van der Waals surface area contributed by atoms with Crippen molar-refractivity contribution >= 4 is 21.6 Å². The van der Waals surface area contributed by atoms with Crippen LogP contribution in [0, 0.1) is 5.82 Å². The number of sulfonamides is 1. The van der Waals surface area contributed by atoms with E-state index in [0.29, 0.717) is 11.4 Å². The normalized spacial score (nSPS) is 14.0. The molecule has 0 aliphatic heterocycles. The van der Waals surface area contributed by atoms with Gasteiger partial charge in [0.05, 0.1) is 17.4 Å². The van der Waals surface area contributed by atoms with Gasteiger partial charge in [0.15, 0.2) is 0 Å². The lowest BCUT2D eigenvalue weighted by Crippen LogP contribution is -2.25. The first-order valence-electron chi connectivity index (χ1n) is 8.64. The predicted octanol–water partition coefficient (Wildman–Crippen LogP) is 2.70. The highest BCUT2D eigenvalue weighted by Gasteiger charge is 2.27. The largest absolute Gasteiger partial charge is 0.321 e. The van der Waals surface area contributed by atoms with Crippen LogP contribution in [0.4, 0.5) is 10.1 Å². The molecular weight excluding hydrogens is 383 g/mol. The number of rotatable bonds is 6. The second-order valence-corrected chi connectivity index (χ2v) is 8.21. The Kier molecular flexibility index (Phi) is 4.70. The highest BCUT2D eigenvalue weighted by atomic mass is 32.2. The van der Waals surface area contributed by atoms with Gasteiger partial charge in [-0.1, -0.05) is 0 Å². The molecule has 7 nitrogen and oxygen atoms in total. The molecule has 0 spiro atoms. The second-order valence-electron chi connectivity index (χ2n) is 6.50. The molecule has 1 fully saturated rings. The quantitative estimate of drug-likeness (QED) is 0.665. The maximum Gasteiger partial charge on any atom is 0.274 e. The Hall–Kier alpha value is -3.04. The van der Waals surface area contributed by atoms with Crippen molar-refractivity contribution in [1.29, 1.82) is 0 Å². The van der Waals surface area contributed by atoms with E-state index in [9.17, 15) is 17.6 Å². The van der Waals surface area contributed by atoms with E-state index in [1.54, 1.807) is 12.1 Å². The van der Waals surface area contributed by atoms with Crippen molar-refractivity contribution in [2.45, 2.75) is 23.8 Å². The summed E-state index contributed by atoms with van der Waals surface area (Å²) < 4.78 is 41.6. The zero-order valence-corrected chi connectivity index (χ0v) is 15.5. The van der Waals surface area contributed by atoms with Gasteiger partial charge in [-0.25, -0.2) is 22.5 Å². The van der Waals surface area contributed by atoms with Crippen molar-refractivity contribution in [1.82, 2.24) is 14.3 Å². The van der Waals surface area contributed by atoms with Gasteiger partial charge in [0, 0.05) is 17.4 Å². The average molecular weight is 400 g/mol. The number of amides is 1. The van der Waals surface area contributed by atoms with E-state index in [1.165, 1.54) is 53.5 Å². The molecule has 144 valence electrons. The van der Waals surface area contributed by atoms with Gasteiger partial charge in [0.25, 0.3) is 5.91 Å². The molecule has 2 N–H and O–H groups in total. The maximum atomic E-state index is 13.1. The van der Waals surface area contributed by atoms with E-state index in [2.05, 4.69) is 15.0 Å². The van der Waals surface area contributed by atoms with Crippen LogP contribution in [0.5, 0.6) is 0 Å². The van der Waals surface area contributed by atoms with Crippen molar-refractivity contribution in [3.8, 4) is 5.69 Å². The van der Waals surface area contributed by atoms with Crippen LogP contribution in [-0.2, 0) is 10.0 Å². The van der Waals surface area contributed by atoms with Crippen LogP contribution in [0.1, 0.15) is 23.3 Å². The zero-order valence-electron chi connectivity index (χ0n) is 14.7. The summed E-state index contributed by atoms with van der Waals surface area (Å²) in [6.07, 6.45) is 4.57. The lowest BCUT2D eigenvalue weighted by atomic mass is 10.3. The molecule has 0 saturated heterocycles. The number of benzene rings is 2. The molecule has 0 radical (unpaired) electrons. The molecule has 1 aromatic heterocycles. The number of nitrogens with one attached hydrogen (secondary N) is 2. The maximum absolute atomic E-state index is 13.1. The number of hydrogen-bond donors (Lipinski definition) is 2. The Balaban J connectivity index is 1.50. The molecule has 0 bridgehead atoms. The molecule has 1 heterocycles. The molecule has 1 aliphatic rings. The average Bonchev–Trinajstić information content (AvgIpc) is 3.33. The van der Waals surface area contributed by atoms with Gasteiger partial charge in [-0.2, -0.15) is 0 Å². The lowest BCUT2D eigenvalue weighted by molar-refractivity contribution is 0.102. The minimum Gasteiger partial charge on any atom is -0.321 e. The van der Waals surface area contributed by atoms with Crippen molar-refractivity contribution < 1.29 is 17.6 Å². The van der Waals surface area contributed by atoms with E-state index in [0.717, 1.165) is 12.8 Å². The number of halogens is 1. The molecular formula is C19H17FN4O3S. The van der Waals surface area contributed by atoms with Gasteiger partial charge >= 0.3 is 0 Å². The van der Waals surface area contributed by atoms with E-state index in [4.69, 9.17) is 0 Å². The minimum atomic E-state index is -3.54. The van der Waals surface area contributed by atoms with E-state index >= 15 is 0 Å². The fourth-order valence-corrected chi connectivity index (χ4v) is 3.98. The summed E-state index contributed by atoms with van der Waals surface area (Å²) >= 11 is 0.